The molecule has 0 aliphatic carbocycles. The molecule has 0 atom stereocenters. The summed E-state index contributed by atoms with van der Waals surface area (Å²) in [5.41, 5.74) is 0.564. The van der Waals surface area contributed by atoms with Gasteiger partial charge in [-0.3, -0.25) is 4.72 Å². The Bertz CT molecular complexity index is 493. The van der Waals surface area contributed by atoms with Gasteiger partial charge >= 0.3 is 10.2 Å². The summed E-state index contributed by atoms with van der Waals surface area (Å²) in [6.45, 7) is 3.71. The van der Waals surface area contributed by atoms with Crippen molar-refractivity contribution in [3.05, 3.63) is 24.3 Å². The van der Waals surface area contributed by atoms with Crippen LogP contribution in [-0.4, -0.2) is 32.4 Å². The Morgan fingerprint density at radius 1 is 1.16 bits per heavy atom. The van der Waals surface area contributed by atoms with E-state index in [4.69, 9.17) is 4.74 Å². The molecule has 19 heavy (non-hydrogen) atoms. The molecule has 1 saturated heterocycles. The molecule has 0 aromatic heterocycles. The van der Waals surface area contributed by atoms with Crippen LogP contribution < -0.4 is 9.46 Å². The van der Waals surface area contributed by atoms with Gasteiger partial charge in [0.25, 0.3) is 0 Å². The van der Waals surface area contributed by atoms with Crippen LogP contribution >= 0.6 is 0 Å². The molecular weight excluding hydrogens is 264 g/mol. The van der Waals surface area contributed by atoms with Gasteiger partial charge in [0.1, 0.15) is 5.75 Å². The second kappa shape index (κ2) is 6.25. The molecule has 0 unspecified atom stereocenters. The Morgan fingerprint density at radius 2 is 1.79 bits per heavy atom. The Labute approximate surface area is 114 Å². The number of anilines is 1. The van der Waals surface area contributed by atoms with Crippen molar-refractivity contribution in [3.8, 4) is 5.75 Å². The second-order valence-corrected chi connectivity index (χ2v) is 6.19. The van der Waals surface area contributed by atoms with E-state index >= 15 is 0 Å². The number of benzene rings is 1. The molecular formula is C13H20N2O3S. The van der Waals surface area contributed by atoms with Crippen molar-refractivity contribution in [1.29, 1.82) is 0 Å². The Morgan fingerprint density at radius 3 is 2.37 bits per heavy atom. The highest BCUT2D eigenvalue weighted by Gasteiger charge is 2.23. The average molecular weight is 284 g/mol. The van der Waals surface area contributed by atoms with E-state index in [2.05, 4.69) is 4.72 Å². The fourth-order valence-electron chi connectivity index (χ4n) is 2.10. The third kappa shape index (κ3) is 3.84. The highest BCUT2D eigenvalue weighted by molar-refractivity contribution is 7.90. The maximum atomic E-state index is 12.1. The largest absolute Gasteiger partial charge is 0.494 e. The Hall–Kier alpha value is -1.27. The van der Waals surface area contributed by atoms with Gasteiger partial charge in [-0.25, -0.2) is 0 Å². The number of nitrogens with one attached hydrogen (secondary N) is 1. The fraction of sp³-hybridized carbons (Fsp3) is 0.538. The van der Waals surface area contributed by atoms with Crippen molar-refractivity contribution in [2.45, 2.75) is 26.2 Å². The predicted molar refractivity (Wildman–Crippen MR) is 75.6 cm³/mol. The minimum Gasteiger partial charge on any atom is -0.494 e. The summed E-state index contributed by atoms with van der Waals surface area (Å²) in [4.78, 5) is 0. The van der Waals surface area contributed by atoms with Gasteiger partial charge in [0, 0.05) is 13.1 Å². The number of piperidine rings is 1. The summed E-state index contributed by atoms with van der Waals surface area (Å²) in [6, 6.07) is 6.95. The highest BCUT2D eigenvalue weighted by atomic mass is 32.2. The number of rotatable bonds is 5. The molecule has 0 bridgehead atoms. The first-order valence-electron chi connectivity index (χ1n) is 6.62. The van der Waals surface area contributed by atoms with E-state index in [-0.39, 0.29) is 0 Å². The van der Waals surface area contributed by atoms with Gasteiger partial charge in [-0.1, -0.05) is 6.42 Å². The maximum absolute atomic E-state index is 12.1. The van der Waals surface area contributed by atoms with Crippen LogP contribution in [0.5, 0.6) is 5.75 Å². The maximum Gasteiger partial charge on any atom is 0.301 e. The summed E-state index contributed by atoms with van der Waals surface area (Å²) in [6.07, 6.45) is 2.98. The Balaban J connectivity index is 2.02. The van der Waals surface area contributed by atoms with E-state index in [1.54, 1.807) is 24.3 Å². The Kier molecular flexibility index (Phi) is 4.66. The lowest BCUT2D eigenvalue weighted by molar-refractivity contribution is 0.340. The lowest BCUT2D eigenvalue weighted by Crippen LogP contribution is -2.39. The van der Waals surface area contributed by atoms with Gasteiger partial charge in [0.05, 0.1) is 12.3 Å². The molecule has 2 rings (SSSR count). The highest BCUT2D eigenvalue weighted by Crippen LogP contribution is 2.19. The van der Waals surface area contributed by atoms with Crippen LogP contribution in [0.2, 0.25) is 0 Å². The van der Waals surface area contributed by atoms with Crippen LogP contribution in [0.15, 0.2) is 24.3 Å². The SMILES string of the molecule is CCOc1ccc(NS(=O)(=O)N2CCCCC2)cc1. The first kappa shape index (κ1) is 14.1. The minimum atomic E-state index is -3.42. The first-order valence-corrected chi connectivity index (χ1v) is 8.06. The number of hydrogen-bond donors (Lipinski definition) is 1. The minimum absolute atomic E-state index is 0.564. The number of hydrogen-bond acceptors (Lipinski definition) is 3. The van der Waals surface area contributed by atoms with Crippen molar-refractivity contribution < 1.29 is 13.2 Å². The molecule has 1 aliphatic heterocycles. The second-order valence-electron chi connectivity index (χ2n) is 4.52. The molecule has 1 N–H and O–H groups in total. The molecule has 5 nitrogen and oxygen atoms in total. The third-order valence-electron chi connectivity index (χ3n) is 3.07. The summed E-state index contributed by atoms with van der Waals surface area (Å²) in [7, 11) is -3.42. The van der Waals surface area contributed by atoms with E-state index in [1.807, 2.05) is 6.92 Å². The fourth-order valence-corrected chi connectivity index (χ4v) is 3.41. The predicted octanol–water partition coefficient (Wildman–Crippen LogP) is 2.23. The molecule has 1 heterocycles. The zero-order chi connectivity index (χ0) is 13.7. The summed E-state index contributed by atoms with van der Waals surface area (Å²) in [5, 5.41) is 0. The molecule has 0 saturated carbocycles. The van der Waals surface area contributed by atoms with Crippen molar-refractivity contribution in [2.24, 2.45) is 0 Å². The summed E-state index contributed by atoms with van der Waals surface area (Å²) >= 11 is 0. The van der Waals surface area contributed by atoms with E-state index in [0.717, 1.165) is 25.0 Å². The lowest BCUT2D eigenvalue weighted by atomic mass is 10.2. The van der Waals surface area contributed by atoms with Gasteiger partial charge in [-0.2, -0.15) is 12.7 Å². The smallest absolute Gasteiger partial charge is 0.301 e. The van der Waals surface area contributed by atoms with Gasteiger partial charge in [-0.15, -0.1) is 0 Å². The molecule has 1 aromatic carbocycles. The van der Waals surface area contributed by atoms with Crippen LogP contribution in [0.4, 0.5) is 5.69 Å². The van der Waals surface area contributed by atoms with E-state index < -0.39 is 10.2 Å². The molecule has 0 amide bonds. The number of nitrogens with zero attached hydrogens (tertiary/aromatic N) is 1. The number of ether oxygens (including phenoxy) is 1. The average Bonchev–Trinajstić information content (AvgIpc) is 2.42. The van der Waals surface area contributed by atoms with E-state index in [0.29, 0.717) is 25.4 Å². The summed E-state index contributed by atoms with van der Waals surface area (Å²) in [5.74, 6) is 0.739. The monoisotopic (exact) mass is 284 g/mol. The van der Waals surface area contributed by atoms with E-state index in [1.165, 1.54) is 4.31 Å². The van der Waals surface area contributed by atoms with Crippen molar-refractivity contribution in [2.75, 3.05) is 24.4 Å². The molecule has 0 spiro atoms. The standard InChI is InChI=1S/C13H20N2O3S/c1-2-18-13-8-6-12(7-9-13)14-19(16,17)15-10-4-3-5-11-15/h6-9,14H,2-5,10-11H2,1H3. The lowest BCUT2D eigenvalue weighted by Gasteiger charge is -2.26. The van der Waals surface area contributed by atoms with Gasteiger partial charge in [0.15, 0.2) is 0 Å². The van der Waals surface area contributed by atoms with Crippen molar-refractivity contribution >= 4 is 15.9 Å². The molecule has 106 valence electrons. The quantitative estimate of drug-likeness (QED) is 0.902. The molecule has 6 heteroatoms. The summed E-state index contributed by atoms with van der Waals surface area (Å²) < 4.78 is 33.7. The van der Waals surface area contributed by atoms with Crippen LogP contribution in [0, 0.1) is 0 Å². The van der Waals surface area contributed by atoms with Crippen LogP contribution in [0.1, 0.15) is 26.2 Å². The zero-order valence-corrected chi connectivity index (χ0v) is 11.9. The third-order valence-corrected chi connectivity index (χ3v) is 4.61. The van der Waals surface area contributed by atoms with Gasteiger partial charge in [0.2, 0.25) is 0 Å². The van der Waals surface area contributed by atoms with Gasteiger partial charge in [-0.05, 0) is 44.0 Å². The molecule has 1 fully saturated rings. The molecule has 1 aliphatic rings. The van der Waals surface area contributed by atoms with E-state index in [9.17, 15) is 8.42 Å². The van der Waals surface area contributed by atoms with Crippen molar-refractivity contribution in [3.63, 3.8) is 0 Å². The van der Waals surface area contributed by atoms with Gasteiger partial charge < -0.3 is 4.74 Å². The topological polar surface area (TPSA) is 58.6 Å². The van der Waals surface area contributed by atoms with Crippen LogP contribution in [-0.2, 0) is 10.2 Å². The normalized spacial score (nSPS) is 17.1. The molecule has 1 aromatic rings. The zero-order valence-electron chi connectivity index (χ0n) is 11.1. The van der Waals surface area contributed by atoms with Crippen LogP contribution in [0.3, 0.4) is 0 Å². The first-order chi connectivity index (χ1) is 9.12. The van der Waals surface area contributed by atoms with Crippen LogP contribution in [0.25, 0.3) is 0 Å². The molecule has 0 radical (unpaired) electrons. The van der Waals surface area contributed by atoms with Crippen molar-refractivity contribution in [1.82, 2.24) is 4.31 Å².